The molecule has 2 aromatic rings. The van der Waals surface area contributed by atoms with Gasteiger partial charge in [0.25, 0.3) is 5.91 Å². The van der Waals surface area contributed by atoms with Crippen LogP contribution in [0.3, 0.4) is 0 Å². The molecule has 0 bridgehead atoms. The van der Waals surface area contributed by atoms with Crippen LogP contribution in [0, 0.1) is 17.6 Å². The van der Waals surface area contributed by atoms with Gasteiger partial charge in [0.1, 0.15) is 0 Å². The lowest BCUT2D eigenvalue weighted by molar-refractivity contribution is -0.138. The Morgan fingerprint density at radius 1 is 1.00 bits per heavy atom. The summed E-state index contributed by atoms with van der Waals surface area (Å²) >= 11 is 6.17. The maximum absolute atomic E-state index is 15.0. The number of nitrogens with two attached hydrogens (primary N) is 1. The van der Waals surface area contributed by atoms with E-state index in [1.807, 2.05) is 4.90 Å². The van der Waals surface area contributed by atoms with Gasteiger partial charge in [0.15, 0.2) is 11.6 Å². The van der Waals surface area contributed by atoms with Crippen molar-refractivity contribution >= 4 is 34.8 Å². The van der Waals surface area contributed by atoms with E-state index in [2.05, 4.69) is 10.6 Å². The number of carbonyl (C=O) groups excluding carboxylic acids is 2. The first-order chi connectivity index (χ1) is 19.4. The molecule has 224 valence electrons. The predicted molar refractivity (Wildman–Crippen MR) is 147 cm³/mol. The van der Waals surface area contributed by atoms with E-state index in [1.54, 1.807) is 11.0 Å². The van der Waals surface area contributed by atoms with Gasteiger partial charge in [0.05, 0.1) is 29.3 Å². The van der Waals surface area contributed by atoms with Gasteiger partial charge in [-0.25, -0.2) is 8.78 Å². The van der Waals surface area contributed by atoms with Gasteiger partial charge in [-0.3, -0.25) is 14.5 Å². The van der Waals surface area contributed by atoms with E-state index in [9.17, 15) is 31.5 Å². The summed E-state index contributed by atoms with van der Waals surface area (Å²) in [5, 5.41) is 5.59. The smallest absolute Gasteiger partial charge is 0.367 e. The number of rotatable bonds is 8. The normalized spacial score (nSPS) is 20.1. The van der Waals surface area contributed by atoms with Crippen molar-refractivity contribution in [2.45, 2.75) is 50.9 Å². The molecule has 4 N–H and O–H groups in total. The summed E-state index contributed by atoms with van der Waals surface area (Å²) in [7, 11) is 0. The molecule has 1 aliphatic carbocycles. The van der Waals surface area contributed by atoms with Gasteiger partial charge in [0.2, 0.25) is 5.91 Å². The van der Waals surface area contributed by atoms with Crippen molar-refractivity contribution in [2.75, 3.05) is 42.9 Å². The number of benzene rings is 2. The molecule has 13 heteroatoms. The van der Waals surface area contributed by atoms with Crippen LogP contribution in [-0.4, -0.2) is 61.7 Å². The zero-order chi connectivity index (χ0) is 29.7. The number of hydrogen-bond acceptors (Lipinski definition) is 5. The Hall–Kier alpha value is -2.96. The molecule has 2 amide bonds. The SMILES string of the molecule is N[C@H]1CCCC[C@H]1C(=O)NCc1ccc(C(=O)Nc2ccc(Cl)cc2N2CCN(CCC(F)(F)F)CC2)c(F)c1F. The highest BCUT2D eigenvalue weighted by atomic mass is 35.5. The number of nitrogens with one attached hydrogen (secondary N) is 2. The minimum atomic E-state index is -4.23. The van der Waals surface area contributed by atoms with E-state index in [4.69, 9.17) is 17.3 Å². The van der Waals surface area contributed by atoms with E-state index in [0.29, 0.717) is 49.0 Å². The second-order valence-electron chi connectivity index (χ2n) is 10.5. The summed E-state index contributed by atoms with van der Waals surface area (Å²) < 4.78 is 67.6. The molecule has 7 nitrogen and oxygen atoms in total. The van der Waals surface area contributed by atoms with Crippen LogP contribution in [-0.2, 0) is 11.3 Å². The number of alkyl halides is 3. The highest BCUT2D eigenvalue weighted by molar-refractivity contribution is 6.31. The molecule has 0 unspecified atom stereocenters. The first-order valence-electron chi connectivity index (χ1n) is 13.6. The first-order valence-corrected chi connectivity index (χ1v) is 14.0. The number of amides is 2. The Labute approximate surface area is 240 Å². The Balaban J connectivity index is 1.41. The van der Waals surface area contributed by atoms with Crippen molar-refractivity contribution in [1.82, 2.24) is 10.2 Å². The number of halogens is 6. The number of piperazine rings is 1. The molecule has 1 aliphatic heterocycles. The summed E-state index contributed by atoms with van der Waals surface area (Å²) in [5.74, 6) is -4.17. The Kier molecular flexibility index (Phi) is 10.1. The van der Waals surface area contributed by atoms with Gasteiger partial charge < -0.3 is 21.3 Å². The Bertz CT molecular complexity index is 1250. The molecule has 2 atom stereocenters. The zero-order valence-corrected chi connectivity index (χ0v) is 23.1. The zero-order valence-electron chi connectivity index (χ0n) is 22.4. The maximum Gasteiger partial charge on any atom is 0.390 e. The monoisotopic (exact) mass is 601 g/mol. The number of hydrogen-bond donors (Lipinski definition) is 3. The van der Waals surface area contributed by atoms with E-state index in [-0.39, 0.29) is 36.5 Å². The summed E-state index contributed by atoms with van der Waals surface area (Å²) in [6.45, 7) is 1.17. The Morgan fingerprint density at radius 2 is 1.71 bits per heavy atom. The van der Waals surface area contributed by atoms with Gasteiger partial charge in [-0.2, -0.15) is 13.2 Å². The quantitative estimate of drug-likeness (QED) is 0.367. The third-order valence-corrected chi connectivity index (χ3v) is 7.88. The van der Waals surface area contributed by atoms with Crippen molar-refractivity contribution in [3.63, 3.8) is 0 Å². The molecule has 0 spiro atoms. The average Bonchev–Trinajstić information content (AvgIpc) is 2.93. The number of anilines is 2. The van der Waals surface area contributed by atoms with Gasteiger partial charge in [-0.05, 0) is 37.1 Å². The molecule has 4 rings (SSSR count). The fourth-order valence-electron chi connectivity index (χ4n) is 5.26. The van der Waals surface area contributed by atoms with Crippen LogP contribution in [0.5, 0.6) is 0 Å². The van der Waals surface area contributed by atoms with E-state index >= 15 is 0 Å². The van der Waals surface area contributed by atoms with Gasteiger partial charge in [-0.1, -0.05) is 30.5 Å². The fraction of sp³-hybridized carbons (Fsp3) is 0.500. The molecule has 41 heavy (non-hydrogen) atoms. The van der Waals surface area contributed by atoms with Crippen molar-refractivity contribution in [2.24, 2.45) is 11.7 Å². The van der Waals surface area contributed by atoms with Crippen LogP contribution in [0.25, 0.3) is 0 Å². The van der Waals surface area contributed by atoms with Crippen molar-refractivity contribution in [1.29, 1.82) is 0 Å². The minimum absolute atomic E-state index is 0.102. The van der Waals surface area contributed by atoms with Crippen molar-refractivity contribution in [3.8, 4) is 0 Å². The summed E-state index contributed by atoms with van der Waals surface area (Å²) in [4.78, 5) is 29.1. The molecule has 0 aromatic heterocycles. The van der Waals surface area contributed by atoms with E-state index in [0.717, 1.165) is 25.3 Å². The van der Waals surface area contributed by atoms with Gasteiger partial charge in [-0.15, -0.1) is 0 Å². The molecule has 2 aliphatic rings. The highest BCUT2D eigenvalue weighted by Crippen LogP contribution is 2.32. The molecule has 2 fully saturated rings. The maximum atomic E-state index is 15.0. The summed E-state index contributed by atoms with van der Waals surface area (Å²) in [6.07, 6.45) is -1.92. The average molecular weight is 602 g/mol. The summed E-state index contributed by atoms with van der Waals surface area (Å²) in [5.41, 5.74) is 6.21. The van der Waals surface area contributed by atoms with Crippen LogP contribution in [0.4, 0.5) is 33.3 Å². The van der Waals surface area contributed by atoms with Gasteiger partial charge in [0, 0.05) is 55.9 Å². The molecule has 2 aromatic carbocycles. The van der Waals surface area contributed by atoms with Gasteiger partial charge >= 0.3 is 6.18 Å². The molecule has 1 heterocycles. The van der Waals surface area contributed by atoms with Crippen LogP contribution in [0.15, 0.2) is 30.3 Å². The fourth-order valence-corrected chi connectivity index (χ4v) is 5.43. The number of nitrogens with zero attached hydrogens (tertiary/aromatic N) is 2. The number of carbonyl (C=O) groups is 2. The first kappa shape index (κ1) is 31.0. The Morgan fingerprint density at radius 3 is 2.39 bits per heavy atom. The molecule has 1 saturated carbocycles. The van der Waals surface area contributed by atoms with E-state index in [1.165, 1.54) is 18.2 Å². The lowest BCUT2D eigenvalue weighted by atomic mass is 9.84. The molecule has 0 radical (unpaired) electrons. The molecular formula is C28H33ClF5N5O2. The van der Waals surface area contributed by atoms with Crippen LogP contribution >= 0.6 is 11.6 Å². The third-order valence-electron chi connectivity index (χ3n) is 7.65. The lowest BCUT2D eigenvalue weighted by Crippen LogP contribution is -2.47. The standard InChI is InChI=1S/C28H33ClF5N5O2/c29-18-6-8-22(23(15-18)39-13-11-38(12-14-39)10-9-28(32,33)34)37-27(41)20-7-5-17(24(30)25(20)31)16-36-26(40)19-3-1-2-4-21(19)35/h5-8,15,19,21H,1-4,9-14,16,35H2,(H,36,40)(H,37,41)/t19-,21+/m1/s1. The molecule has 1 saturated heterocycles. The van der Waals surface area contributed by atoms with Crippen LogP contribution < -0.4 is 21.3 Å². The van der Waals surface area contributed by atoms with Crippen LogP contribution in [0.2, 0.25) is 5.02 Å². The highest BCUT2D eigenvalue weighted by Gasteiger charge is 2.30. The minimum Gasteiger partial charge on any atom is -0.367 e. The lowest BCUT2D eigenvalue weighted by Gasteiger charge is -2.37. The third kappa shape index (κ3) is 8.08. The summed E-state index contributed by atoms with van der Waals surface area (Å²) in [6, 6.07) is 6.78. The predicted octanol–water partition coefficient (Wildman–Crippen LogP) is 5.08. The second-order valence-corrected chi connectivity index (χ2v) is 10.9. The van der Waals surface area contributed by atoms with Crippen molar-refractivity contribution < 1.29 is 31.5 Å². The van der Waals surface area contributed by atoms with E-state index < -0.39 is 35.7 Å². The second kappa shape index (κ2) is 13.3. The van der Waals surface area contributed by atoms with Crippen molar-refractivity contribution in [3.05, 3.63) is 58.1 Å². The molecular weight excluding hydrogens is 569 g/mol. The topological polar surface area (TPSA) is 90.7 Å². The largest absolute Gasteiger partial charge is 0.390 e. The van der Waals surface area contributed by atoms with Crippen LogP contribution in [0.1, 0.15) is 48.0 Å².